The van der Waals surface area contributed by atoms with Crippen LogP contribution in [-0.4, -0.2) is 53.7 Å². The Bertz CT molecular complexity index is 683. The van der Waals surface area contributed by atoms with E-state index in [9.17, 15) is 9.18 Å². The lowest BCUT2D eigenvalue weighted by atomic mass is 9.73. The zero-order valence-electron chi connectivity index (χ0n) is 15.6. The molecule has 4 heterocycles. The molecule has 1 amide bonds. The minimum absolute atomic E-state index is 0.0149. The quantitative estimate of drug-likeness (QED) is 0.846. The van der Waals surface area contributed by atoms with Gasteiger partial charge in [0.15, 0.2) is 5.82 Å². The van der Waals surface area contributed by atoms with Gasteiger partial charge in [0.2, 0.25) is 0 Å². The van der Waals surface area contributed by atoms with E-state index in [1.807, 2.05) is 0 Å². The predicted molar refractivity (Wildman–Crippen MR) is 96.2 cm³/mol. The van der Waals surface area contributed by atoms with Gasteiger partial charge in [0.25, 0.3) is 5.91 Å². The lowest BCUT2D eigenvalue weighted by Gasteiger charge is -2.29. The van der Waals surface area contributed by atoms with Gasteiger partial charge in [0, 0.05) is 37.7 Å². The number of aromatic nitrogens is 1. The first kappa shape index (κ1) is 17.9. The van der Waals surface area contributed by atoms with Crippen LogP contribution in [0.3, 0.4) is 0 Å². The van der Waals surface area contributed by atoms with Gasteiger partial charge in [-0.2, -0.15) is 0 Å². The van der Waals surface area contributed by atoms with Crippen molar-refractivity contribution in [1.82, 2.24) is 15.2 Å². The van der Waals surface area contributed by atoms with Gasteiger partial charge in [-0.25, -0.2) is 4.39 Å². The molecule has 0 unspecified atom stereocenters. The lowest BCUT2D eigenvalue weighted by molar-refractivity contribution is 0.00247. The van der Waals surface area contributed by atoms with E-state index in [0.717, 1.165) is 38.7 Å². The number of hydrogen-bond acceptors (Lipinski definition) is 4. The van der Waals surface area contributed by atoms with Gasteiger partial charge in [-0.15, -0.1) is 0 Å². The number of carbonyl (C=O) groups excluding carboxylic acids is 1. The number of ether oxygens (including phenoxy) is 1. The molecule has 0 aromatic carbocycles. The zero-order valence-corrected chi connectivity index (χ0v) is 15.6. The molecule has 0 saturated carbocycles. The Hall–Kier alpha value is -1.53. The molecule has 0 radical (unpaired) electrons. The van der Waals surface area contributed by atoms with E-state index in [-0.39, 0.29) is 23.2 Å². The SMILES string of the molecule is CC(C)CCN1C[C@@H]2[C@H](CNC(=O)c3ccncc3F)[C@H]3CC[C@]2(C1)O3. The molecular weight excluding hydrogens is 333 g/mol. The van der Waals surface area contributed by atoms with Crippen molar-refractivity contribution in [3.63, 3.8) is 0 Å². The van der Waals surface area contributed by atoms with E-state index in [1.165, 1.54) is 18.7 Å². The third kappa shape index (κ3) is 3.14. The van der Waals surface area contributed by atoms with Crippen LogP contribution in [0.1, 0.15) is 43.5 Å². The van der Waals surface area contributed by atoms with Crippen LogP contribution in [0.15, 0.2) is 18.5 Å². The maximum Gasteiger partial charge on any atom is 0.254 e. The van der Waals surface area contributed by atoms with E-state index >= 15 is 0 Å². The molecule has 3 saturated heterocycles. The number of rotatable bonds is 6. The highest BCUT2D eigenvalue weighted by Gasteiger charge is 2.62. The summed E-state index contributed by atoms with van der Waals surface area (Å²) in [4.78, 5) is 18.6. The number of pyridine rings is 1. The van der Waals surface area contributed by atoms with Crippen LogP contribution in [-0.2, 0) is 4.74 Å². The predicted octanol–water partition coefficient (Wildman–Crippen LogP) is 2.48. The Morgan fingerprint density at radius 2 is 2.38 bits per heavy atom. The molecular formula is C20H28FN3O2. The van der Waals surface area contributed by atoms with Crippen LogP contribution in [0, 0.1) is 23.6 Å². The molecule has 3 fully saturated rings. The topological polar surface area (TPSA) is 54.5 Å². The van der Waals surface area contributed by atoms with Gasteiger partial charge in [-0.1, -0.05) is 13.8 Å². The molecule has 1 spiro atoms. The minimum Gasteiger partial charge on any atom is -0.370 e. The standard InChI is InChI=1S/C20H28FN3O2/c1-13(2)5-8-24-11-16-15(18-3-6-20(16,12-24)26-18)9-23-19(25)14-4-7-22-10-17(14)21/h4,7,10,13,15-16,18H,3,5-6,8-9,11-12H2,1-2H3,(H,23,25)/t15-,16+,18+,20+/m0/s1. The summed E-state index contributed by atoms with van der Waals surface area (Å²) in [5.74, 6) is 0.552. The lowest BCUT2D eigenvalue weighted by Crippen LogP contribution is -2.42. The Balaban J connectivity index is 1.39. The Morgan fingerprint density at radius 3 is 3.15 bits per heavy atom. The Morgan fingerprint density at radius 1 is 1.54 bits per heavy atom. The van der Waals surface area contributed by atoms with Crippen LogP contribution >= 0.6 is 0 Å². The van der Waals surface area contributed by atoms with Gasteiger partial charge in [-0.05, 0) is 37.8 Å². The molecule has 1 N–H and O–H groups in total. The highest BCUT2D eigenvalue weighted by molar-refractivity contribution is 5.94. The first-order valence-corrected chi connectivity index (χ1v) is 9.76. The van der Waals surface area contributed by atoms with Crippen LogP contribution in [0.25, 0.3) is 0 Å². The summed E-state index contributed by atoms with van der Waals surface area (Å²) in [5, 5.41) is 2.94. The summed E-state index contributed by atoms with van der Waals surface area (Å²) < 4.78 is 20.2. The van der Waals surface area contributed by atoms with Gasteiger partial charge in [0.05, 0.1) is 23.5 Å². The summed E-state index contributed by atoms with van der Waals surface area (Å²) in [7, 11) is 0. The van der Waals surface area contributed by atoms with Crippen molar-refractivity contribution in [2.24, 2.45) is 17.8 Å². The molecule has 4 rings (SSSR count). The van der Waals surface area contributed by atoms with Crippen molar-refractivity contribution in [1.29, 1.82) is 0 Å². The van der Waals surface area contributed by atoms with Crippen molar-refractivity contribution >= 4 is 5.91 Å². The fraction of sp³-hybridized carbons (Fsp3) is 0.700. The molecule has 2 bridgehead atoms. The van der Waals surface area contributed by atoms with Crippen LogP contribution in [0.5, 0.6) is 0 Å². The van der Waals surface area contributed by atoms with Crippen molar-refractivity contribution in [2.75, 3.05) is 26.2 Å². The fourth-order valence-corrected chi connectivity index (χ4v) is 5.04. The third-order valence-electron chi connectivity index (χ3n) is 6.39. The normalized spacial score (nSPS) is 33.0. The second kappa shape index (κ2) is 6.89. The summed E-state index contributed by atoms with van der Waals surface area (Å²) in [6, 6.07) is 1.42. The first-order chi connectivity index (χ1) is 12.5. The number of nitrogens with zero attached hydrogens (tertiary/aromatic N) is 2. The second-order valence-electron chi connectivity index (χ2n) is 8.51. The molecule has 3 aliphatic rings. The monoisotopic (exact) mass is 361 g/mol. The van der Waals surface area contributed by atoms with E-state index in [4.69, 9.17) is 4.74 Å². The minimum atomic E-state index is -0.577. The van der Waals surface area contributed by atoms with Crippen molar-refractivity contribution in [3.8, 4) is 0 Å². The number of nitrogens with one attached hydrogen (secondary N) is 1. The number of halogens is 1. The number of hydrogen-bond donors (Lipinski definition) is 1. The van der Waals surface area contributed by atoms with Gasteiger partial charge in [0.1, 0.15) is 0 Å². The first-order valence-electron chi connectivity index (χ1n) is 9.76. The number of amides is 1. The van der Waals surface area contributed by atoms with Crippen molar-refractivity contribution in [3.05, 3.63) is 29.8 Å². The Kier molecular flexibility index (Phi) is 4.73. The average molecular weight is 361 g/mol. The average Bonchev–Trinajstić information content (AvgIpc) is 3.26. The molecule has 0 aliphatic carbocycles. The van der Waals surface area contributed by atoms with E-state index < -0.39 is 5.82 Å². The number of carbonyl (C=O) groups is 1. The highest BCUT2D eigenvalue weighted by Crippen LogP contribution is 2.54. The molecule has 142 valence electrons. The molecule has 1 aromatic heterocycles. The fourth-order valence-electron chi connectivity index (χ4n) is 5.04. The van der Waals surface area contributed by atoms with E-state index in [1.54, 1.807) is 0 Å². The number of fused-ring (bicyclic) bond motifs is 1. The third-order valence-corrected chi connectivity index (χ3v) is 6.39. The molecule has 5 nitrogen and oxygen atoms in total. The number of likely N-dealkylation sites (tertiary alicyclic amines) is 1. The maximum atomic E-state index is 13.8. The van der Waals surface area contributed by atoms with Crippen LogP contribution < -0.4 is 5.32 Å². The van der Waals surface area contributed by atoms with Crippen LogP contribution in [0.4, 0.5) is 4.39 Å². The highest BCUT2D eigenvalue weighted by atomic mass is 19.1. The molecule has 26 heavy (non-hydrogen) atoms. The zero-order chi connectivity index (χ0) is 18.3. The molecule has 3 aliphatic heterocycles. The smallest absolute Gasteiger partial charge is 0.254 e. The summed E-state index contributed by atoms with van der Waals surface area (Å²) in [5.41, 5.74) is 0.0441. The van der Waals surface area contributed by atoms with Gasteiger partial charge in [-0.3, -0.25) is 9.78 Å². The van der Waals surface area contributed by atoms with E-state index in [2.05, 4.69) is 29.0 Å². The Labute approximate surface area is 154 Å². The summed E-state index contributed by atoms with van der Waals surface area (Å²) >= 11 is 0. The van der Waals surface area contributed by atoms with E-state index in [0.29, 0.717) is 24.3 Å². The largest absolute Gasteiger partial charge is 0.370 e. The summed E-state index contributed by atoms with van der Waals surface area (Å²) in [6.45, 7) is 8.25. The summed E-state index contributed by atoms with van der Waals surface area (Å²) in [6.07, 6.45) is 6.15. The van der Waals surface area contributed by atoms with Crippen molar-refractivity contribution in [2.45, 2.75) is 44.8 Å². The molecule has 6 heteroatoms. The second-order valence-corrected chi connectivity index (χ2v) is 8.51. The van der Waals surface area contributed by atoms with Gasteiger partial charge >= 0.3 is 0 Å². The molecule has 4 atom stereocenters. The van der Waals surface area contributed by atoms with Gasteiger partial charge < -0.3 is 15.0 Å². The molecule has 1 aromatic rings. The van der Waals surface area contributed by atoms with Crippen molar-refractivity contribution < 1.29 is 13.9 Å². The van der Waals surface area contributed by atoms with Crippen LogP contribution in [0.2, 0.25) is 0 Å². The maximum absolute atomic E-state index is 13.8.